The molecule has 24 heavy (non-hydrogen) atoms. The summed E-state index contributed by atoms with van der Waals surface area (Å²) in [5.41, 5.74) is 2.62. The van der Waals surface area contributed by atoms with Gasteiger partial charge in [0.25, 0.3) is 0 Å². The molecule has 0 amide bonds. The van der Waals surface area contributed by atoms with E-state index in [9.17, 15) is 13.2 Å². The maximum atomic E-state index is 13.3. The van der Waals surface area contributed by atoms with Crippen molar-refractivity contribution in [3.05, 3.63) is 71.8 Å². The number of benzene rings is 2. The van der Waals surface area contributed by atoms with Crippen LogP contribution in [0.3, 0.4) is 0 Å². The van der Waals surface area contributed by atoms with E-state index in [4.69, 9.17) is 0 Å². The molecule has 2 aromatic carbocycles. The van der Waals surface area contributed by atoms with E-state index in [1.807, 2.05) is 42.5 Å². The van der Waals surface area contributed by atoms with Crippen molar-refractivity contribution in [1.29, 1.82) is 0 Å². The van der Waals surface area contributed by atoms with Crippen molar-refractivity contribution in [1.82, 2.24) is 9.55 Å². The molecule has 0 saturated carbocycles. The molecule has 0 N–H and O–H groups in total. The molecule has 0 saturated heterocycles. The van der Waals surface area contributed by atoms with E-state index in [1.54, 1.807) is 13.1 Å². The van der Waals surface area contributed by atoms with E-state index in [-0.39, 0.29) is 5.52 Å². The van der Waals surface area contributed by atoms with Crippen LogP contribution in [0.1, 0.15) is 11.1 Å². The third-order valence-corrected chi connectivity index (χ3v) is 4.23. The number of para-hydroxylation sites is 1. The third kappa shape index (κ3) is 2.16. The summed E-state index contributed by atoms with van der Waals surface area (Å²) in [6.07, 6.45) is 1.47. The zero-order valence-electron chi connectivity index (χ0n) is 12.8. The van der Waals surface area contributed by atoms with Gasteiger partial charge in [-0.15, -0.1) is 0 Å². The number of aryl methyl sites for hydroxylation is 1. The van der Waals surface area contributed by atoms with Crippen LogP contribution in [0.4, 0.5) is 13.2 Å². The molecule has 1 aliphatic carbocycles. The van der Waals surface area contributed by atoms with E-state index in [1.165, 1.54) is 10.6 Å². The van der Waals surface area contributed by atoms with Gasteiger partial charge in [-0.05, 0) is 23.3 Å². The number of imidazole rings is 1. The molecular formula is C19H13F3N2. The number of nitrogens with zero attached hydrogens (tertiary/aromatic N) is 2. The summed E-state index contributed by atoms with van der Waals surface area (Å²) in [4.78, 5) is 4.47. The van der Waals surface area contributed by atoms with E-state index < -0.39 is 11.7 Å². The number of allylic oxidation sites excluding steroid dienone is 4. The highest BCUT2D eigenvalue weighted by Gasteiger charge is 2.34. The zero-order valence-corrected chi connectivity index (χ0v) is 12.8. The fourth-order valence-electron chi connectivity index (χ4n) is 3.04. The number of rotatable bonds is 2. The van der Waals surface area contributed by atoms with Gasteiger partial charge in [-0.3, -0.25) is 0 Å². The van der Waals surface area contributed by atoms with Crippen LogP contribution in [0, 0.1) is 0 Å². The van der Waals surface area contributed by atoms with Gasteiger partial charge in [0.2, 0.25) is 0 Å². The Morgan fingerprint density at radius 2 is 1.67 bits per heavy atom. The van der Waals surface area contributed by atoms with E-state index in [0.717, 1.165) is 22.8 Å². The van der Waals surface area contributed by atoms with Gasteiger partial charge in [0.1, 0.15) is 5.82 Å². The molecule has 0 spiro atoms. The highest BCUT2D eigenvalue weighted by atomic mass is 19.4. The number of hydrogen-bond donors (Lipinski definition) is 0. The number of fused-ring (bicyclic) bond motifs is 1. The number of hydrogen-bond acceptors (Lipinski definition) is 1. The Balaban J connectivity index is 1.99. The maximum absolute atomic E-state index is 13.3. The lowest BCUT2D eigenvalue weighted by Crippen LogP contribution is -2.07. The van der Waals surface area contributed by atoms with Crippen molar-refractivity contribution in [3.8, 4) is 11.4 Å². The highest BCUT2D eigenvalue weighted by molar-refractivity contribution is 5.91. The molecule has 1 aromatic heterocycles. The molecular weight excluding hydrogens is 313 g/mol. The maximum Gasteiger partial charge on any atom is 0.418 e. The summed E-state index contributed by atoms with van der Waals surface area (Å²) in [6.45, 7) is 0. The fraction of sp³-hybridized carbons (Fsp3) is 0.105. The van der Waals surface area contributed by atoms with Gasteiger partial charge in [0.05, 0.1) is 16.6 Å². The standard InChI is InChI=1S/C19H13F3N2/c1-24-17-15(19(20,21)22)10-5-11-16(17)23-18(24)14-9-3-2-8-13(14)12-6-4-7-12/h2-11H,1H3. The molecule has 5 heteroatoms. The molecule has 0 bridgehead atoms. The first kappa shape index (κ1) is 14.8. The van der Waals surface area contributed by atoms with Crippen LogP contribution < -0.4 is 0 Å². The third-order valence-electron chi connectivity index (χ3n) is 4.23. The lowest BCUT2D eigenvalue weighted by Gasteiger charge is -2.14. The van der Waals surface area contributed by atoms with Crippen molar-refractivity contribution >= 4 is 16.6 Å². The summed E-state index contributed by atoms with van der Waals surface area (Å²) >= 11 is 0. The van der Waals surface area contributed by atoms with Crippen molar-refractivity contribution in [2.24, 2.45) is 7.05 Å². The lowest BCUT2D eigenvalue weighted by molar-refractivity contribution is -0.136. The Bertz CT molecular complexity index is 1010. The van der Waals surface area contributed by atoms with Crippen LogP contribution in [0.5, 0.6) is 0 Å². The van der Waals surface area contributed by atoms with Gasteiger partial charge in [-0.1, -0.05) is 48.6 Å². The molecule has 1 heterocycles. The summed E-state index contributed by atoms with van der Waals surface area (Å²) in [7, 11) is 1.63. The number of halogens is 3. The SMILES string of the molecule is Cn1c(-c2ccccc2C2=CC=C2)nc2cccc(C(F)(F)F)c21. The quantitative estimate of drug-likeness (QED) is 0.632. The Kier molecular flexibility index (Phi) is 3.13. The van der Waals surface area contributed by atoms with Gasteiger partial charge in [-0.2, -0.15) is 13.2 Å². The first-order valence-electron chi connectivity index (χ1n) is 7.47. The summed E-state index contributed by atoms with van der Waals surface area (Å²) in [5.74, 6) is 0.526. The zero-order chi connectivity index (χ0) is 16.9. The number of alkyl halides is 3. The van der Waals surface area contributed by atoms with Crippen molar-refractivity contribution in [2.45, 2.75) is 6.18 Å². The molecule has 0 fully saturated rings. The van der Waals surface area contributed by atoms with Crippen molar-refractivity contribution in [2.75, 3.05) is 0 Å². The second kappa shape index (κ2) is 5.09. The summed E-state index contributed by atoms with van der Waals surface area (Å²) in [6, 6.07) is 11.7. The van der Waals surface area contributed by atoms with Gasteiger partial charge in [-0.25, -0.2) is 4.98 Å². The van der Waals surface area contributed by atoms with Gasteiger partial charge in [0, 0.05) is 12.6 Å². The molecule has 0 atom stereocenters. The average molecular weight is 326 g/mol. The summed E-state index contributed by atoms with van der Waals surface area (Å²) < 4.78 is 41.5. The van der Waals surface area contributed by atoms with Crippen LogP contribution in [0.2, 0.25) is 0 Å². The molecule has 0 radical (unpaired) electrons. The van der Waals surface area contributed by atoms with Gasteiger partial charge in [0.15, 0.2) is 0 Å². The van der Waals surface area contributed by atoms with E-state index in [2.05, 4.69) is 4.98 Å². The van der Waals surface area contributed by atoms with E-state index in [0.29, 0.717) is 11.3 Å². The molecule has 0 unspecified atom stereocenters. The van der Waals surface area contributed by atoms with Gasteiger partial charge < -0.3 is 4.57 Å². The van der Waals surface area contributed by atoms with Crippen molar-refractivity contribution in [3.63, 3.8) is 0 Å². The van der Waals surface area contributed by atoms with Crippen LogP contribution in [0.15, 0.2) is 60.7 Å². The minimum Gasteiger partial charge on any atom is -0.327 e. The van der Waals surface area contributed by atoms with Crippen LogP contribution in [-0.2, 0) is 13.2 Å². The lowest BCUT2D eigenvalue weighted by atomic mass is 9.94. The molecule has 2 nitrogen and oxygen atoms in total. The molecule has 0 aliphatic heterocycles. The Morgan fingerprint density at radius 3 is 2.29 bits per heavy atom. The average Bonchev–Trinajstić information content (AvgIpc) is 2.82. The summed E-state index contributed by atoms with van der Waals surface area (Å²) in [5, 5.41) is 0. The largest absolute Gasteiger partial charge is 0.418 e. The molecule has 3 aromatic rings. The molecule has 4 rings (SSSR count). The van der Waals surface area contributed by atoms with Crippen LogP contribution >= 0.6 is 0 Å². The fourth-order valence-corrected chi connectivity index (χ4v) is 3.04. The second-order valence-electron chi connectivity index (χ2n) is 5.69. The van der Waals surface area contributed by atoms with Crippen molar-refractivity contribution < 1.29 is 13.2 Å². The van der Waals surface area contributed by atoms with Crippen LogP contribution in [0.25, 0.3) is 28.0 Å². The topological polar surface area (TPSA) is 17.8 Å². The second-order valence-corrected chi connectivity index (χ2v) is 5.69. The Hall–Kier alpha value is -2.82. The van der Waals surface area contributed by atoms with Gasteiger partial charge >= 0.3 is 6.18 Å². The molecule has 120 valence electrons. The minimum absolute atomic E-state index is 0.105. The first-order chi connectivity index (χ1) is 11.5. The Labute approximate surface area is 136 Å². The van der Waals surface area contributed by atoms with Crippen LogP contribution in [-0.4, -0.2) is 9.55 Å². The number of aromatic nitrogens is 2. The molecule has 1 aliphatic rings. The first-order valence-corrected chi connectivity index (χ1v) is 7.47. The smallest absolute Gasteiger partial charge is 0.327 e. The van der Waals surface area contributed by atoms with E-state index >= 15 is 0 Å². The highest BCUT2D eigenvalue weighted by Crippen LogP contribution is 2.38. The minimum atomic E-state index is -4.41. The Morgan fingerprint density at radius 1 is 0.958 bits per heavy atom. The monoisotopic (exact) mass is 326 g/mol. The predicted molar refractivity (Wildman–Crippen MR) is 88.3 cm³/mol. The normalized spacial score (nSPS) is 13.9. The predicted octanol–water partition coefficient (Wildman–Crippen LogP) is 5.21.